The Balaban J connectivity index is 2.51. The van der Waals surface area contributed by atoms with Crippen LogP contribution in [0.1, 0.15) is 19.0 Å². The zero-order chi connectivity index (χ0) is 15.6. The number of benzene rings is 1. The molecule has 0 radical (unpaired) electrons. The highest BCUT2D eigenvalue weighted by molar-refractivity contribution is 14.1. The Bertz CT molecular complexity index is 654. The van der Waals surface area contributed by atoms with Gasteiger partial charge in [0.25, 0.3) is 0 Å². The second kappa shape index (κ2) is 6.59. The van der Waals surface area contributed by atoms with Crippen molar-refractivity contribution < 1.29 is 13.2 Å². The normalized spacial score (nSPS) is 10.8. The van der Waals surface area contributed by atoms with Gasteiger partial charge in [0.2, 0.25) is 0 Å². The summed E-state index contributed by atoms with van der Waals surface area (Å²) in [6.45, 7) is 4.51. The SMILES string of the molecule is CCCNc1nc(-c2cc(F)c(F)c(F)c2)nc(C)c1I. The molecule has 0 aliphatic heterocycles. The molecule has 0 amide bonds. The molecular formula is C14H13F3IN3. The van der Waals surface area contributed by atoms with Gasteiger partial charge in [-0.2, -0.15) is 0 Å². The largest absolute Gasteiger partial charge is 0.369 e. The van der Waals surface area contributed by atoms with Crippen LogP contribution in [0.5, 0.6) is 0 Å². The van der Waals surface area contributed by atoms with Crippen LogP contribution in [0.15, 0.2) is 12.1 Å². The highest BCUT2D eigenvalue weighted by atomic mass is 127. The van der Waals surface area contributed by atoms with Crippen LogP contribution in [0.3, 0.4) is 0 Å². The number of halogens is 4. The van der Waals surface area contributed by atoms with Gasteiger partial charge in [-0.1, -0.05) is 6.92 Å². The van der Waals surface area contributed by atoms with Gasteiger partial charge in [-0.15, -0.1) is 0 Å². The Labute approximate surface area is 134 Å². The third kappa shape index (κ3) is 3.45. The van der Waals surface area contributed by atoms with E-state index in [0.29, 0.717) is 11.5 Å². The summed E-state index contributed by atoms with van der Waals surface area (Å²) < 4.78 is 40.5. The summed E-state index contributed by atoms with van der Waals surface area (Å²) in [7, 11) is 0. The summed E-state index contributed by atoms with van der Waals surface area (Å²) in [5.74, 6) is -3.25. The molecule has 0 saturated heterocycles. The number of anilines is 1. The molecule has 0 bridgehead atoms. The van der Waals surface area contributed by atoms with E-state index in [2.05, 4.69) is 37.9 Å². The lowest BCUT2D eigenvalue weighted by atomic mass is 10.2. The zero-order valence-corrected chi connectivity index (χ0v) is 13.6. The average Bonchev–Trinajstić information content (AvgIpc) is 2.45. The lowest BCUT2D eigenvalue weighted by Crippen LogP contribution is -2.08. The van der Waals surface area contributed by atoms with Crippen molar-refractivity contribution in [3.05, 3.63) is 38.8 Å². The summed E-state index contributed by atoms with van der Waals surface area (Å²) in [4.78, 5) is 8.48. The van der Waals surface area contributed by atoms with Crippen molar-refractivity contribution in [3.63, 3.8) is 0 Å². The van der Waals surface area contributed by atoms with Crippen LogP contribution < -0.4 is 5.32 Å². The Kier molecular flexibility index (Phi) is 5.02. The number of hydrogen-bond acceptors (Lipinski definition) is 3. The van der Waals surface area contributed by atoms with Crippen molar-refractivity contribution in [1.29, 1.82) is 0 Å². The van der Waals surface area contributed by atoms with Gasteiger partial charge < -0.3 is 5.32 Å². The van der Waals surface area contributed by atoms with Crippen LogP contribution >= 0.6 is 22.6 Å². The molecule has 0 aliphatic rings. The molecule has 0 fully saturated rings. The molecule has 112 valence electrons. The molecule has 2 rings (SSSR count). The molecule has 7 heteroatoms. The second-order valence-corrected chi connectivity index (χ2v) is 5.55. The highest BCUT2D eigenvalue weighted by Gasteiger charge is 2.15. The summed E-state index contributed by atoms with van der Waals surface area (Å²) >= 11 is 2.10. The van der Waals surface area contributed by atoms with Crippen molar-refractivity contribution in [3.8, 4) is 11.4 Å². The maximum absolute atomic E-state index is 13.3. The van der Waals surface area contributed by atoms with Gasteiger partial charge in [-0.05, 0) is 48.1 Å². The molecule has 2 aromatic rings. The first kappa shape index (κ1) is 16.0. The van der Waals surface area contributed by atoms with E-state index in [-0.39, 0.29) is 11.4 Å². The third-order valence-corrected chi connectivity index (χ3v) is 4.09. The van der Waals surface area contributed by atoms with Crippen LogP contribution in [0, 0.1) is 27.9 Å². The van der Waals surface area contributed by atoms with E-state index in [0.717, 1.165) is 28.7 Å². The minimum Gasteiger partial charge on any atom is -0.369 e. The summed E-state index contributed by atoms with van der Waals surface area (Å²) in [6, 6.07) is 1.79. The molecule has 1 aromatic carbocycles. The molecule has 1 aromatic heterocycles. The van der Waals surface area contributed by atoms with E-state index in [1.54, 1.807) is 6.92 Å². The Hall–Kier alpha value is -1.38. The van der Waals surface area contributed by atoms with Gasteiger partial charge in [-0.3, -0.25) is 0 Å². The first-order valence-electron chi connectivity index (χ1n) is 6.37. The van der Waals surface area contributed by atoms with Crippen LogP contribution in [0.4, 0.5) is 19.0 Å². The Morgan fingerprint density at radius 1 is 1.14 bits per heavy atom. The smallest absolute Gasteiger partial charge is 0.194 e. The predicted molar refractivity (Wildman–Crippen MR) is 83.6 cm³/mol. The van der Waals surface area contributed by atoms with E-state index in [4.69, 9.17) is 0 Å². The monoisotopic (exact) mass is 407 g/mol. The third-order valence-electron chi connectivity index (χ3n) is 2.80. The maximum atomic E-state index is 13.3. The molecule has 1 heterocycles. The zero-order valence-electron chi connectivity index (χ0n) is 11.5. The summed E-state index contributed by atoms with van der Waals surface area (Å²) in [5, 5.41) is 3.13. The molecule has 1 N–H and O–H groups in total. The molecule has 21 heavy (non-hydrogen) atoms. The minimum absolute atomic E-state index is 0.102. The van der Waals surface area contributed by atoms with E-state index >= 15 is 0 Å². The number of aromatic nitrogens is 2. The fourth-order valence-corrected chi connectivity index (χ4v) is 2.17. The molecule has 3 nitrogen and oxygen atoms in total. The topological polar surface area (TPSA) is 37.8 Å². The number of hydrogen-bond donors (Lipinski definition) is 1. The van der Waals surface area contributed by atoms with Crippen molar-refractivity contribution in [2.24, 2.45) is 0 Å². The second-order valence-electron chi connectivity index (χ2n) is 4.48. The number of aryl methyl sites for hydroxylation is 1. The average molecular weight is 407 g/mol. The van der Waals surface area contributed by atoms with Gasteiger partial charge >= 0.3 is 0 Å². The fraction of sp³-hybridized carbons (Fsp3) is 0.286. The van der Waals surface area contributed by atoms with Gasteiger partial charge in [0.1, 0.15) is 5.82 Å². The Morgan fingerprint density at radius 2 is 1.76 bits per heavy atom. The van der Waals surface area contributed by atoms with Crippen molar-refractivity contribution >= 4 is 28.4 Å². The first-order valence-corrected chi connectivity index (χ1v) is 7.44. The molecule has 0 spiro atoms. The van der Waals surface area contributed by atoms with Crippen LogP contribution in [-0.2, 0) is 0 Å². The van der Waals surface area contributed by atoms with E-state index in [9.17, 15) is 13.2 Å². The molecule has 0 unspecified atom stereocenters. The van der Waals surface area contributed by atoms with Crippen molar-refractivity contribution in [2.45, 2.75) is 20.3 Å². The lowest BCUT2D eigenvalue weighted by Gasteiger charge is -2.11. The van der Waals surface area contributed by atoms with Gasteiger partial charge in [-0.25, -0.2) is 23.1 Å². The molecule has 0 aliphatic carbocycles. The standard InChI is InChI=1S/C14H13F3IN3/c1-3-4-19-14-12(18)7(2)20-13(21-14)8-5-9(15)11(17)10(16)6-8/h5-6H,3-4H2,1-2H3,(H,19,20,21). The van der Waals surface area contributed by atoms with Gasteiger partial charge in [0, 0.05) is 12.1 Å². The van der Waals surface area contributed by atoms with E-state index in [1.165, 1.54) is 0 Å². The van der Waals surface area contributed by atoms with E-state index in [1.807, 2.05) is 6.92 Å². The van der Waals surface area contributed by atoms with Gasteiger partial charge in [0.15, 0.2) is 23.3 Å². The van der Waals surface area contributed by atoms with Crippen LogP contribution in [0.25, 0.3) is 11.4 Å². The lowest BCUT2D eigenvalue weighted by molar-refractivity contribution is 0.447. The number of rotatable bonds is 4. The summed E-state index contributed by atoms with van der Waals surface area (Å²) in [5.41, 5.74) is 0.787. The highest BCUT2D eigenvalue weighted by Crippen LogP contribution is 2.25. The molecule has 0 atom stereocenters. The fourth-order valence-electron chi connectivity index (χ4n) is 1.73. The predicted octanol–water partition coefficient (Wildman–Crippen LogP) is 4.30. The van der Waals surface area contributed by atoms with Gasteiger partial charge in [0.05, 0.1) is 9.26 Å². The Morgan fingerprint density at radius 3 is 2.33 bits per heavy atom. The quantitative estimate of drug-likeness (QED) is 0.607. The molecule has 0 saturated carbocycles. The number of nitrogens with zero attached hydrogens (tertiary/aromatic N) is 2. The first-order chi connectivity index (χ1) is 9.93. The van der Waals surface area contributed by atoms with Crippen molar-refractivity contribution in [1.82, 2.24) is 9.97 Å². The maximum Gasteiger partial charge on any atom is 0.194 e. The minimum atomic E-state index is -1.50. The molecular weight excluding hydrogens is 394 g/mol. The van der Waals surface area contributed by atoms with Crippen LogP contribution in [-0.4, -0.2) is 16.5 Å². The van der Waals surface area contributed by atoms with E-state index < -0.39 is 17.5 Å². The van der Waals surface area contributed by atoms with Crippen LogP contribution in [0.2, 0.25) is 0 Å². The number of nitrogens with one attached hydrogen (secondary N) is 1. The summed E-state index contributed by atoms with van der Waals surface area (Å²) in [6.07, 6.45) is 0.911. The van der Waals surface area contributed by atoms with Crippen molar-refractivity contribution in [2.75, 3.05) is 11.9 Å².